The number of hydrogen-bond acceptors (Lipinski definition) is 4. The first-order chi connectivity index (χ1) is 10.5. The SMILES string of the molecule is Cc1ccc(NC(=O)Cn2c(=O)oc3cccc(N)c32)cc1. The van der Waals surface area contributed by atoms with Crippen molar-refractivity contribution < 1.29 is 9.21 Å². The van der Waals surface area contributed by atoms with Crippen LogP contribution in [0.3, 0.4) is 0 Å². The minimum Gasteiger partial charge on any atom is -0.408 e. The van der Waals surface area contributed by atoms with Gasteiger partial charge in [0.2, 0.25) is 5.91 Å². The third-order valence-electron chi connectivity index (χ3n) is 3.35. The van der Waals surface area contributed by atoms with Crippen molar-refractivity contribution in [2.45, 2.75) is 13.5 Å². The number of carbonyl (C=O) groups excluding carboxylic acids is 1. The van der Waals surface area contributed by atoms with Gasteiger partial charge in [0.15, 0.2) is 5.58 Å². The summed E-state index contributed by atoms with van der Waals surface area (Å²) in [5.41, 5.74) is 8.83. The quantitative estimate of drug-likeness (QED) is 0.725. The molecule has 3 N–H and O–H groups in total. The smallest absolute Gasteiger partial charge is 0.408 e. The zero-order valence-corrected chi connectivity index (χ0v) is 12.0. The van der Waals surface area contributed by atoms with Crippen LogP contribution in [0.25, 0.3) is 11.1 Å². The van der Waals surface area contributed by atoms with Crippen molar-refractivity contribution in [2.75, 3.05) is 11.1 Å². The highest BCUT2D eigenvalue weighted by Gasteiger charge is 2.14. The Morgan fingerprint density at radius 3 is 2.68 bits per heavy atom. The fourth-order valence-electron chi connectivity index (χ4n) is 2.28. The van der Waals surface area contributed by atoms with Crippen LogP contribution in [0.5, 0.6) is 0 Å². The molecule has 6 nitrogen and oxygen atoms in total. The summed E-state index contributed by atoms with van der Waals surface area (Å²) in [6, 6.07) is 12.4. The molecule has 0 saturated carbocycles. The molecule has 0 fully saturated rings. The van der Waals surface area contributed by atoms with Crippen LogP contribution in [0.1, 0.15) is 5.56 Å². The lowest BCUT2D eigenvalue weighted by atomic mass is 10.2. The van der Waals surface area contributed by atoms with Gasteiger partial charge in [-0.15, -0.1) is 0 Å². The summed E-state index contributed by atoms with van der Waals surface area (Å²) in [5, 5.41) is 2.74. The second kappa shape index (κ2) is 5.40. The molecule has 1 amide bonds. The number of nitrogens with two attached hydrogens (primary N) is 1. The van der Waals surface area contributed by atoms with Crippen LogP contribution in [0.15, 0.2) is 51.7 Å². The maximum absolute atomic E-state index is 12.1. The Morgan fingerprint density at radius 2 is 1.95 bits per heavy atom. The van der Waals surface area contributed by atoms with E-state index in [0.29, 0.717) is 22.5 Å². The number of nitrogens with zero attached hydrogens (tertiary/aromatic N) is 1. The van der Waals surface area contributed by atoms with Gasteiger partial charge in [-0.2, -0.15) is 0 Å². The van der Waals surface area contributed by atoms with Gasteiger partial charge in [-0.1, -0.05) is 23.8 Å². The lowest BCUT2D eigenvalue weighted by Crippen LogP contribution is -2.25. The summed E-state index contributed by atoms with van der Waals surface area (Å²) in [7, 11) is 0. The molecule has 0 radical (unpaired) electrons. The number of para-hydroxylation sites is 1. The summed E-state index contributed by atoms with van der Waals surface area (Å²) in [4.78, 5) is 24.0. The average molecular weight is 297 g/mol. The van der Waals surface area contributed by atoms with Gasteiger partial charge in [0.1, 0.15) is 12.1 Å². The molecular formula is C16H15N3O3. The van der Waals surface area contributed by atoms with Crippen LogP contribution in [-0.4, -0.2) is 10.5 Å². The first kappa shape index (κ1) is 13.9. The molecule has 0 aliphatic rings. The molecule has 3 aromatic rings. The molecule has 0 spiro atoms. The minimum atomic E-state index is -0.605. The van der Waals surface area contributed by atoms with Gasteiger partial charge in [-0.25, -0.2) is 4.79 Å². The highest BCUT2D eigenvalue weighted by Crippen LogP contribution is 2.19. The maximum Gasteiger partial charge on any atom is 0.420 e. The number of oxazole rings is 1. The predicted molar refractivity (Wildman–Crippen MR) is 84.7 cm³/mol. The number of aryl methyl sites for hydroxylation is 1. The number of rotatable bonds is 3. The molecule has 0 bridgehead atoms. The maximum atomic E-state index is 12.1. The summed E-state index contributed by atoms with van der Waals surface area (Å²) >= 11 is 0. The van der Waals surface area contributed by atoms with Crippen LogP contribution >= 0.6 is 0 Å². The molecule has 22 heavy (non-hydrogen) atoms. The van der Waals surface area contributed by atoms with Crippen molar-refractivity contribution in [3.05, 3.63) is 58.6 Å². The fraction of sp³-hybridized carbons (Fsp3) is 0.125. The molecule has 0 atom stereocenters. The van der Waals surface area contributed by atoms with E-state index in [2.05, 4.69) is 5.32 Å². The Labute approximate surface area is 126 Å². The van der Waals surface area contributed by atoms with Crippen molar-refractivity contribution in [1.82, 2.24) is 4.57 Å². The summed E-state index contributed by atoms with van der Waals surface area (Å²) in [6.45, 7) is 1.81. The summed E-state index contributed by atoms with van der Waals surface area (Å²) < 4.78 is 6.32. The third kappa shape index (κ3) is 2.58. The van der Waals surface area contributed by atoms with Crippen LogP contribution in [0, 0.1) is 6.92 Å². The van der Waals surface area contributed by atoms with Gasteiger partial charge in [0.05, 0.1) is 5.69 Å². The Hall–Kier alpha value is -3.02. The van der Waals surface area contributed by atoms with Gasteiger partial charge in [0, 0.05) is 5.69 Å². The highest BCUT2D eigenvalue weighted by atomic mass is 16.4. The molecule has 2 aromatic carbocycles. The van der Waals surface area contributed by atoms with E-state index < -0.39 is 5.76 Å². The van der Waals surface area contributed by atoms with E-state index in [1.54, 1.807) is 30.3 Å². The molecule has 0 unspecified atom stereocenters. The predicted octanol–water partition coefficient (Wildman–Crippen LogP) is 2.12. The highest BCUT2D eigenvalue weighted by molar-refractivity contribution is 5.92. The van der Waals surface area contributed by atoms with Crippen molar-refractivity contribution in [3.8, 4) is 0 Å². The molecular weight excluding hydrogens is 282 g/mol. The zero-order chi connectivity index (χ0) is 15.7. The Bertz CT molecular complexity index is 891. The number of benzene rings is 2. The van der Waals surface area contributed by atoms with Crippen molar-refractivity contribution in [2.24, 2.45) is 0 Å². The first-order valence-electron chi connectivity index (χ1n) is 6.79. The zero-order valence-electron chi connectivity index (χ0n) is 12.0. The second-order valence-corrected chi connectivity index (χ2v) is 5.06. The molecule has 3 rings (SSSR count). The Morgan fingerprint density at radius 1 is 1.23 bits per heavy atom. The van der Waals surface area contributed by atoms with Gasteiger partial charge < -0.3 is 15.5 Å². The van der Waals surface area contributed by atoms with Gasteiger partial charge in [-0.05, 0) is 31.2 Å². The van der Waals surface area contributed by atoms with E-state index in [9.17, 15) is 9.59 Å². The number of carbonyl (C=O) groups is 1. The topological polar surface area (TPSA) is 90.3 Å². The normalized spacial score (nSPS) is 10.8. The van der Waals surface area contributed by atoms with E-state index in [-0.39, 0.29) is 12.5 Å². The van der Waals surface area contributed by atoms with Crippen molar-refractivity contribution in [1.29, 1.82) is 0 Å². The number of aromatic nitrogens is 1. The monoisotopic (exact) mass is 297 g/mol. The Balaban J connectivity index is 1.87. The van der Waals surface area contributed by atoms with E-state index in [0.717, 1.165) is 5.56 Å². The first-order valence-corrected chi connectivity index (χ1v) is 6.79. The van der Waals surface area contributed by atoms with E-state index in [4.69, 9.17) is 10.2 Å². The lowest BCUT2D eigenvalue weighted by molar-refractivity contribution is -0.116. The molecule has 0 aliphatic carbocycles. The lowest BCUT2D eigenvalue weighted by Gasteiger charge is -2.06. The van der Waals surface area contributed by atoms with E-state index in [1.807, 2.05) is 19.1 Å². The standard InChI is InChI=1S/C16H15N3O3/c1-10-5-7-11(8-6-10)18-14(20)9-19-15-12(17)3-2-4-13(15)22-16(19)21/h2-8H,9,17H2,1H3,(H,18,20). The molecule has 6 heteroatoms. The van der Waals surface area contributed by atoms with Crippen LogP contribution in [-0.2, 0) is 11.3 Å². The third-order valence-corrected chi connectivity index (χ3v) is 3.35. The van der Waals surface area contributed by atoms with Crippen LogP contribution < -0.4 is 16.8 Å². The fourth-order valence-corrected chi connectivity index (χ4v) is 2.28. The van der Waals surface area contributed by atoms with Gasteiger partial charge in [0.25, 0.3) is 0 Å². The Kier molecular flexibility index (Phi) is 3.42. The number of anilines is 2. The number of nitrogen functional groups attached to an aromatic ring is 1. The molecule has 1 heterocycles. The summed E-state index contributed by atoms with van der Waals surface area (Å²) in [6.07, 6.45) is 0. The second-order valence-electron chi connectivity index (χ2n) is 5.06. The van der Waals surface area contributed by atoms with E-state index in [1.165, 1.54) is 4.57 Å². The molecule has 1 aromatic heterocycles. The summed E-state index contributed by atoms with van der Waals surface area (Å²) in [5.74, 6) is -0.927. The molecule has 112 valence electrons. The van der Waals surface area contributed by atoms with Crippen molar-refractivity contribution >= 4 is 28.4 Å². The number of amides is 1. The number of fused-ring (bicyclic) bond motifs is 1. The largest absolute Gasteiger partial charge is 0.420 e. The average Bonchev–Trinajstić information content (AvgIpc) is 2.79. The molecule has 0 aliphatic heterocycles. The number of nitrogens with one attached hydrogen (secondary N) is 1. The van der Waals surface area contributed by atoms with E-state index >= 15 is 0 Å². The molecule has 0 saturated heterocycles. The van der Waals surface area contributed by atoms with Crippen LogP contribution in [0.2, 0.25) is 0 Å². The number of hydrogen-bond donors (Lipinski definition) is 2. The van der Waals surface area contributed by atoms with Crippen molar-refractivity contribution in [3.63, 3.8) is 0 Å². The van der Waals surface area contributed by atoms with Gasteiger partial charge >= 0.3 is 5.76 Å². The van der Waals surface area contributed by atoms with Crippen LogP contribution in [0.4, 0.5) is 11.4 Å². The van der Waals surface area contributed by atoms with Gasteiger partial charge in [-0.3, -0.25) is 9.36 Å². The minimum absolute atomic E-state index is 0.159.